The summed E-state index contributed by atoms with van der Waals surface area (Å²) in [6.45, 7) is 1.42. The molecule has 1 heterocycles. The fraction of sp³-hybridized carbons (Fsp3) is 0.306. The summed E-state index contributed by atoms with van der Waals surface area (Å²) in [5, 5.41) is 10.4. The smallest absolute Gasteiger partial charge is 0.410 e. The van der Waals surface area contributed by atoms with Gasteiger partial charge in [-0.3, -0.25) is 9.59 Å². The molecule has 3 aromatic rings. The van der Waals surface area contributed by atoms with Crippen LogP contribution in [0.15, 0.2) is 109 Å². The van der Waals surface area contributed by atoms with E-state index in [0.717, 1.165) is 33.7 Å². The van der Waals surface area contributed by atoms with E-state index in [1.54, 1.807) is 42.5 Å². The second kappa shape index (κ2) is 13.1. The molecule has 0 bridgehead atoms. The van der Waals surface area contributed by atoms with Crippen molar-refractivity contribution in [3.05, 3.63) is 120 Å². The second-order valence-electron chi connectivity index (χ2n) is 11.6. The van der Waals surface area contributed by atoms with Crippen LogP contribution in [0, 0.1) is 5.41 Å². The van der Waals surface area contributed by atoms with Gasteiger partial charge in [0.15, 0.2) is 5.41 Å². The minimum Gasteiger partial charge on any atom is -0.480 e. The molecule has 2 aliphatic rings. The quantitative estimate of drug-likeness (QED) is 0.273. The van der Waals surface area contributed by atoms with Gasteiger partial charge >= 0.3 is 12.1 Å². The van der Waals surface area contributed by atoms with Crippen LogP contribution in [0.25, 0.3) is 11.1 Å². The number of carboxylic acid groups (broad SMARTS) is 1. The lowest BCUT2D eigenvalue weighted by atomic mass is 9.77. The highest BCUT2D eigenvalue weighted by atomic mass is 19.4. The minimum atomic E-state index is -5.05. The summed E-state index contributed by atoms with van der Waals surface area (Å²) >= 11 is 0. The largest absolute Gasteiger partial charge is 0.480 e. The molecule has 1 aliphatic carbocycles. The summed E-state index contributed by atoms with van der Waals surface area (Å²) in [4.78, 5) is 41.8. The topological polar surface area (TPSA) is 77.9 Å². The van der Waals surface area contributed by atoms with Crippen molar-refractivity contribution in [2.75, 3.05) is 13.1 Å². The van der Waals surface area contributed by atoms with Crippen LogP contribution in [0.5, 0.6) is 0 Å². The molecule has 1 fully saturated rings. The molecule has 1 N–H and O–H groups in total. The van der Waals surface area contributed by atoms with Crippen LogP contribution in [0.1, 0.15) is 36.8 Å². The maximum absolute atomic E-state index is 15.0. The van der Waals surface area contributed by atoms with E-state index in [4.69, 9.17) is 0 Å². The number of nitrogens with zero attached hydrogens (tertiary/aromatic N) is 2. The van der Waals surface area contributed by atoms with Gasteiger partial charge in [0.25, 0.3) is 0 Å². The van der Waals surface area contributed by atoms with Gasteiger partial charge in [-0.1, -0.05) is 109 Å². The number of carbonyl (C=O) groups is 3. The zero-order valence-corrected chi connectivity index (χ0v) is 24.9. The summed E-state index contributed by atoms with van der Waals surface area (Å²) in [5.41, 5.74) is 0.0924. The number of hydrogen-bond donors (Lipinski definition) is 1. The second-order valence-corrected chi connectivity index (χ2v) is 11.6. The summed E-state index contributed by atoms with van der Waals surface area (Å²) < 4.78 is 45.0. The normalized spacial score (nSPS) is 21.8. The van der Waals surface area contributed by atoms with Crippen LogP contribution in [0.3, 0.4) is 0 Å². The highest BCUT2D eigenvalue weighted by Crippen LogP contribution is 2.46. The number of carboxylic acids is 1. The first-order valence-corrected chi connectivity index (χ1v) is 15.0. The third-order valence-corrected chi connectivity index (χ3v) is 8.74. The van der Waals surface area contributed by atoms with Gasteiger partial charge in [0, 0.05) is 38.4 Å². The van der Waals surface area contributed by atoms with Gasteiger partial charge in [0.1, 0.15) is 6.04 Å². The number of carbonyl (C=O) groups excluding carboxylic acids is 2. The number of rotatable bonds is 9. The first kappa shape index (κ1) is 31.8. The Morgan fingerprint density at radius 1 is 0.911 bits per heavy atom. The molecule has 3 aromatic carbocycles. The number of hydrogen-bond acceptors (Lipinski definition) is 3. The van der Waals surface area contributed by atoms with Gasteiger partial charge in [0.05, 0.1) is 0 Å². The van der Waals surface area contributed by atoms with Crippen molar-refractivity contribution in [3.63, 3.8) is 0 Å². The molecule has 9 heteroatoms. The van der Waals surface area contributed by atoms with Gasteiger partial charge in [-0.25, -0.2) is 4.79 Å². The third-order valence-electron chi connectivity index (χ3n) is 8.74. The predicted molar refractivity (Wildman–Crippen MR) is 165 cm³/mol. The van der Waals surface area contributed by atoms with Crippen LogP contribution in [0.4, 0.5) is 13.2 Å². The summed E-state index contributed by atoms with van der Waals surface area (Å²) in [7, 11) is 0. The Hall–Kier alpha value is -4.66. The van der Waals surface area contributed by atoms with E-state index < -0.39 is 41.5 Å². The van der Waals surface area contributed by atoms with E-state index in [2.05, 4.69) is 0 Å². The van der Waals surface area contributed by atoms with Crippen LogP contribution >= 0.6 is 0 Å². The predicted octanol–water partition coefficient (Wildman–Crippen LogP) is 6.65. The maximum Gasteiger partial charge on any atom is 0.410 e. The first-order valence-electron chi connectivity index (χ1n) is 15.0. The molecule has 2 amide bonds. The van der Waals surface area contributed by atoms with Crippen molar-refractivity contribution in [2.24, 2.45) is 5.41 Å². The molecule has 0 unspecified atom stereocenters. The van der Waals surface area contributed by atoms with Gasteiger partial charge in [0.2, 0.25) is 11.8 Å². The Morgan fingerprint density at radius 3 is 2.04 bits per heavy atom. The number of amides is 2. The number of likely N-dealkylation sites (tertiary alicyclic amines) is 1. The van der Waals surface area contributed by atoms with Crippen molar-refractivity contribution >= 4 is 17.8 Å². The SMILES string of the molecule is CC(=O)N1CCC[C@@H]1CN(C(=O)C1(C(F)(F)F)C=CC(c2ccccc2)C=C1)[C@@H](Cc1ccc(-c2ccccc2)cc1)C(=O)O. The molecule has 45 heavy (non-hydrogen) atoms. The van der Waals surface area contributed by atoms with E-state index in [-0.39, 0.29) is 18.9 Å². The third kappa shape index (κ3) is 6.72. The highest BCUT2D eigenvalue weighted by molar-refractivity contribution is 5.92. The van der Waals surface area contributed by atoms with E-state index in [9.17, 15) is 32.7 Å². The molecule has 0 spiro atoms. The van der Waals surface area contributed by atoms with Gasteiger partial charge in [-0.2, -0.15) is 13.2 Å². The van der Waals surface area contributed by atoms with Crippen molar-refractivity contribution in [3.8, 4) is 11.1 Å². The van der Waals surface area contributed by atoms with Crippen molar-refractivity contribution in [1.82, 2.24) is 9.80 Å². The Kier molecular flexibility index (Phi) is 9.27. The lowest BCUT2D eigenvalue weighted by Gasteiger charge is -2.41. The number of alkyl halides is 3. The van der Waals surface area contributed by atoms with Gasteiger partial charge in [-0.15, -0.1) is 0 Å². The van der Waals surface area contributed by atoms with Gasteiger partial charge < -0.3 is 14.9 Å². The van der Waals surface area contributed by atoms with Crippen molar-refractivity contribution < 1.29 is 32.7 Å². The fourth-order valence-electron chi connectivity index (χ4n) is 6.26. The molecule has 1 saturated heterocycles. The van der Waals surface area contributed by atoms with E-state index >= 15 is 0 Å². The standard InChI is InChI=1S/C36H35F3N2O4/c1-25(42)40-22-8-13-31(40)24-41(32(33(43)44)23-26-14-16-29(17-15-26)27-9-4-2-5-10-27)34(45)35(36(37,38)39)20-18-30(19-21-35)28-11-6-3-7-12-28/h2-7,9-12,14-21,30-32H,8,13,22-24H2,1H3,(H,43,44)/t30?,31-,32+,35?/m1/s1. The monoisotopic (exact) mass is 616 g/mol. The van der Waals surface area contributed by atoms with E-state index in [1.807, 2.05) is 42.5 Å². The van der Waals surface area contributed by atoms with Crippen molar-refractivity contribution in [1.29, 1.82) is 0 Å². The maximum atomic E-state index is 15.0. The zero-order chi connectivity index (χ0) is 32.2. The molecule has 2 atom stereocenters. The van der Waals surface area contributed by atoms with E-state index in [0.29, 0.717) is 24.9 Å². The Labute approximate surface area is 260 Å². The number of halogens is 3. The lowest BCUT2D eigenvalue weighted by molar-refractivity contribution is -0.203. The molecule has 0 aromatic heterocycles. The van der Waals surface area contributed by atoms with E-state index in [1.165, 1.54) is 24.0 Å². The van der Waals surface area contributed by atoms with Crippen LogP contribution < -0.4 is 0 Å². The molecular weight excluding hydrogens is 581 g/mol. The molecular formula is C36H35F3N2O4. The highest BCUT2D eigenvalue weighted by Gasteiger charge is 2.60. The summed E-state index contributed by atoms with van der Waals surface area (Å²) in [5.74, 6) is -3.56. The molecule has 5 rings (SSSR count). The molecule has 234 valence electrons. The van der Waals surface area contributed by atoms with Gasteiger partial charge in [-0.05, 0) is 35.1 Å². The lowest BCUT2D eigenvalue weighted by Crippen LogP contribution is -2.59. The van der Waals surface area contributed by atoms with Crippen LogP contribution in [-0.2, 0) is 20.8 Å². The Bertz CT molecular complexity index is 1560. The first-order chi connectivity index (χ1) is 21.5. The minimum absolute atomic E-state index is 0.211. The number of benzene rings is 3. The van der Waals surface area contributed by atoms with Crippen LogP contribution in [-0.4, -0.2) is 64.0 Å². The number of allylic oxidation sites excluding steroid dienone is 2. The Morgan fingerprint density at radius 2 is 1.49 bits per heavy atom. The summed E-state index contributed by atoms with van der Waals surface area (Å²) in [6.07, 6.45) is 0.180. The fourth-order valence-corrected chi connectivity index (χ4v) is 6.26. The van der Waals surface area contributed by atoms with Crippen LogP contribution in [0.2, 0.25) is 0 Å². The average Bonchev–Trinajstić information content (AvgIpc) is 3.52. The molecule has 0 saturated carbocycles. The molecule has 0 radical (unpaired) electrons. The van der Waals surface area contributed by atoms with Crippen molar-refractivity contribution in [2.45, 2.75) is 50.4 Å². The Balaban J connectivity index is 1.51. The number of aliphatic carboxylic acids is 1. The molecule has 1 aliphatic heterocycles. The average molecular weight is 617 g/mol. The molecule has 6 nitrogen and oxygen atoms in total. The summed E-state index contributed by atoms with van der Waals surface area (Å²) in [6, 6.07) is 23.4. The zero-order valence-electron chi connectivity index (χ0n) is 24.9.